The largest absolute Gasteiger partial charge is 0.388 e. The van der Waals surface area contributed by atoms with Gasteiger partial charge in [-0.1, -0.05) is 48.4 Å². The first-order valence-electron chi connectivity index (χ1n) is 6.17. The molecule has 0 heterocycles. The van der Waals surface area contributed by atoms with Crippen LogP contribution in [-0.4, -0.2) is 5.11 Å². The van der Waals surface area contributed by atoms with E-state index in [1.165, 1.54) is 5.57 Å². The fourth-order valence-corrected chi connectivity index (χ4v) is 3.05. The van der Waals surface area contributed by atoms with Crippen molar-refractivity contribution < 1.29 is 5.11 Å². The molecule has 0 spiro atoms. The average molecular weight is 251 g/mol. The minimum Gasteiger partial charge on any atom is -0.388 e. The molecule has 2 rings (SSSR count). The number of allylic oxidation sites excluding steroid dienone is 2. The zero-order valence-corrected chi connectivity index (χ0v) is 11.1. The van der Waals surface area contributed by atoms with E-state index >= 15 is 0 Å². The molecule has 1 N–H and O–H groups in total. The Bertz CT molecular complexity index is 425. The summed E-state index contributed by atoms with van der Waals surface area (Å²) >= 11 is 6.14. The first-order chi connectivity index (χ1) is 8.08. The van der Waals surface area contributed by atoms with Crippen LogP contribution in [0.25, 0.3) is 0 Å². The van der Waals surface area contributed by atoms with Crippen LogP contribution < -0.4 is 0 Å². The number of hydrogen-bond acceptors (Lipinski definition) is 1. The topological polar surface area (TPSA) is 20.2 Å². The highest BCUT2D eigenvalue weighted by molar-refractivity contribution is 6.31. The Balaban J connectivity index is 2.19. The Labute approximate surface area is 108 Å². The van der Waals surface area contributed by atoms with E-state index in [-0.39, 0.29) is 5.92 Å². The van der Waals surface area contributed by atoms with Gasteiger partial charge in [0.15, 0.2) is 0 Å². The van der Waals surface area contributed by atoms with Gasteiger partial charge < -0.3 is 5.11 Å². The van der Waals surface area contributed by atoms with Crippen molar-refractivity contribution in [1.82, 2.24) is 0 Å². The van der Waals surface area contributed by atoms with Crippen LogP contribution in [0, 0.1) is 11.8 Å². The van der Waals surface area contributed by atoms with Crippen LogP contribution in [0.5, 0.6) is 0 Å². The van der Waals surface area contributed by atoms with Crippen molar-refractivity contribution in [2.45, 2.75) is 32.8 Å². The third kappa shape index (κ3) is 2.91. The molecule has 0 aliphatic heterocycles. The molecular formula is C15H19ClO. The van der Waals surface area contributed by atoms with E-state index in [1.54, 1.807) is 0 Å². The first-order valence-corrected chi connectivity index (χ1v) is 6.55. The van der Waals surface area contributed by atoms with Crippen molar-refractivity contribution in [3.63, 3.8) is 0 Å². The Morgan fingerprint density at radius 3 is 2.71 bits per heavy atom. The highest BCUT2D eigenvalue weighted by Crippen LogP contribution is 2.38. The summed E-state index contributed by atoms with van der Waals surface area (Å²) in [7, 11) is 0. The Kier molecular flexibility index (Phi) is 3.90. The lowest BCUT2D eigenvalue weighted by molar-refractivity contribution is 0.0933. The summed E-state index contributed by atoms with van der Waals surface area (Å²) in [6.07, 6.45) is 3.85. The van der Waals surface area contributed by atoms with Crippen LogP contribution in [0.3, 0.4) is 0 Å². The van der Waals surface area contributed by atoms with E-state index < -0.39 is 6.10 Å². The van der Waals surface area contributed by atoms with E-state index in [4.69, 9.17) is 11.6 Å². The number of benzene rings is 1. The van der Waals surface area contributed by atoms with Gasteiger partial charge in [0.2, 0.25) is 0 Å². The summed E-state index contributed by atoms with van der Waals surface area (Å²) in [6.45, 7) is 4.34. The van der Waals surface area contributed by atoms with Crippen molar-refractivity contribution in [2.24, 2.45) is 11.8 Å². The highest BCUT2D eigenvalue weighted by Gasteiger charge is 2.26. The minimum absolute atomic E-state index is 0.287. The van der Waals surface area contributed by atoms with Gasteiger partial charge in [-0.15, -0.1) is 0 Å². The van der Waals surface area contributed by atoms with Gasteiger partial charge >= 0.3 is 0 Å². The molecule has 0 amide bonds. The van der Waals surface area contributed by atoms with Crippen LogP contribution in [0.1, 0.15) is 38.4 Å². The Hall–Kier alpha value is -0.790. The van der Waals surface area contributed by atoms with Gasteiger partial charge in [0.1, 0.15) is 0 Å². The molecule has 1 nitrogen and oxygen atoms in total. The highest BCUT2D eigenvalue weighted by atomic mass is 35.5. The van der Waals surface area contributed by atoms with Gasteiger partial charge in [0.05, 0.1) is 6.10 Å². The summed E-state index contributed by atoms with van der Waals surface area (Å²) in [6, 6.07) is 7.59. The van der Waals surface area contributed by atoms with E-state index in [9.17, 15) is 5.11 Å². The second-order valence-electron chi connectivity index (χ2n) is 5.16. The quantitative estimate of drug-likeness (QED) is 0.773. The van der Waals surface area contributed by atoms with Crippen molar-refractivity contribution in [1.29, 1.82) is 0 Å². The smallest absolute Gasteiger partial charge is 0.0835 e. The van der Waals surface area contributed by atoms with Crippen LogP contribution in [0.4, 0.5) is 0 Å². The predicted molar refractivity (Wildman–Crippen MR) is 72.1 cm³/mol. The molecule has 1 aliphatic carbocycles. The molecule has 92 valence electrons. The van der Waals surface area contributed by atoms with Gasteiger partial charge in [0.25, 0.3) is 0 Å². The summed E-state index contributed by atoms with van der Waals surface area (Å²) in [4.78, 5) is 0. The predicted octanol–water partition coefficient (Wildman–Crippen LogP) is 4.37. The average Bonchev–Trinajstić information content (AvgIpc) is 2.27. The lowest BCUT2D eigenvalue weighted by atomic mass is 9.79. The molecule has 0 aromatic heterocycles. The van der Waals surface area contributed by atoms with Crippen LogP contribution in [0.15, 0.2) is 35.9 Å². The zero-order valence-electron chi connectivity index (χ0n) is 10.4. The van der Waals surface area contributed by atoms with Crippen LogP contribution in [-0.2, 0) is 0 Å². The standard InChI is InChI=1S/C15H19ClO/c1-10-7-11(2)9-12(8-10)15(17)13-5-3-4-6-14(13)16/h3-7,10,12,15,17H,8-9H2,1-2H3. The molecule has 1 aliphatic rings. The number of aliphatic hydroxyl groups is 1. The third-order valence-electron chi connectivity index (χ3n) is 3.50. The van der Waals surface area contributed by atoms with Crippen molar-refractivity contribution in [3.8, 4) is 0 Å². The fourth-order valence-electron chi connectivity index (χ4n) is 2.81. The SMILES string of the molecule is CC1=CC(C)CC(C(O)c2ccccc2Cl)C1. The lowest BCUT2D eigenvalue weighted by Gasteiger charge is -2.30. The van der Waals surface area contributed by atoms with Gasteiger partial charge in [0, 0.05) is 5.02 Å². The van der Waals surface area contributed by atoms with E-state index in [0.29, 0.717) is 10.9 Å². The molecule has 1 aromatic rings. The van der Waals surface area contributed by atoms with E-state index in [2.05, 4.69) is 19.9 Å². The molecule has 3 atom stereocenters. The summed E-state index contributed by atoms with van der Waals surface area (Å²) in [5, 5.41) is 11.1. The van der Waals surface area contributed by atoms with Gasteiger partial charge in [-0.2, -0.15) is 0 Å². The molecule has 0 saturated heterocycles. The number of aliphatic hydroxyl groups excluding tert-OH is 1. The number of rotatable bonds is 2. The van der Waals surface area contributed by atoms with Crippen molar-refractivity contribution in [3.05, 3.63) is 46.5 Å². The normalized spacial score (nSPS) is 26.5. The molecular weight excluding hydrogens is 232 g/mol. The second kappa shape index (κ2) is 5.24. The van der Waals surface area contributed by atoms with Crippen molar-refractivity contribution >= 4 is 11.6 Å². The molecule has 2 heteroatoms. The van der Waals surface area contributed by atoms with Gasteiger partial charge in [-0.3, -0.25) is 0 Å². The van der Waals surface area contributed by atoms with E-state index in [1.807, 2.05) is 24.3 Å². The second-order valence-corrected chi connectivity index (χ2v) is 5.56. The van der Waals surface area contributed by atoms with Crippen LogP contribution in [0.2, 0.25) is 5.02 Å². The molecule has 3 unspecified atom stereocenters. The fraction of sp³-hybridized carbons (Fsp3) is 0.467. The Morgan fingerprint density at radius 2 is 2.06 bits per heavy atom. The van der Waals surface area contributed by atoms with Gasteiger partial charge in [-0.25, -0.2) is 0 Å². The number of halogens is 1. The molecule has 0 bridgehead atoms. The maximum Gasteiger partial charge on any atom is 0.0835 e. The number of hydrogen-bond donors (Lipinski definition) is 1. The molecule has 0 saturated carbocycles. The molecule has 17 heavy (non-hydrogen) atoms. The molecule has 0 radical (unpaired) electrons. The Morgan fingerprint density at radius 1 is 1.35 bits per heavy atom. The van der Waals surface area contributed by atoms with E-state index in [0.717, 1.165) is 18.4 Å². The first kappa shape index (κ1) is 12.7. The van der Waals surface area contributed by atoms with Gasteiger partial charge in [-0.05, 0) is 43.2 Å². The summed E-state index contributed by atoms with van der Waals surface area (Å²) in [5.41, 5.74) is 2.24. The lowest BCUT2D eigenvalue weighted by Crippen LogP contribution is -2.19. The maximum absolute atomic E-state index is 10.4. The summed E-state index contributed by atoms with van der Waals surface area (Å²) < 4.78 is 0. The minimum atomic E-state index is -0.449. The third-order valence-corrected chi connectivity index (χ3v) is 3.84. The maximum atomic E-state index is 10.4. The summed E-state index contributed by atoms with van der Waals surface area (Å²) in [5.74, 6) is 0.834. The van der Waals surface area contributed by atoms with Crippen molar-refractivity contribution in [2.75, 3.05) is 0 Å². The molecule has 0 fully saturated rings. The monoisotopic (exact) mass is 250 g/mol. The molecule has 1 aromatic carbocycles. The van der Waals surface area contributed by atoms with Crippen LogP contribution >= 0.6 is 11.6 Å². The zero-order chi connectivity index (χ0) is 12.4.